The van der Waals surface area contributed by atoms with Gasteiger partial charge in [0.25, 0.3) is 5.91 Å². The Morgan fingerprint density at radius 1 is 1.35 bits per heavy atom. The van der Waals surface area contributed by atoms with E-state index >= 15 is 0 Å². The standard InChI is InChI=1S/C16H18FN3O3/c1-3-16(2,11-4-6-12(17)7-5-11)20-13(21)10-23-14-8-9-18-15(22)19-14/h4-9H,3,10H2,1-2H3,(H,20,21)(H,18,19,22). The number of H-pyrrole nitrogens is 1. The first-order valence-corrected chi connectivity index (χ1v) is 7.18. The molecule has 0 saturated carbocycles. The molecule has 1 unspecified atom stereocenters. The Bertz CT molecular complexity index is 730. The van der Waals surface area contributed by atoms with Crippen molar-refractivity contribution in [3.63, 3.8) is 0 Å². The number of benzene rings is 1. The third-order valence-corrected chi connectivity index (χ3v) is 3.61. The summed E-state index contributed by atoms with van der Waals surface area (Å²) in [6, 6.07) is 7.44. The van der Waals surface area contributed by atoms with Crippen molar-refractivity contribution in [2.75, 3.05) is 6.61 Å². The summed E-state index contributed by atoms with van der Waals surface area (Å²) in [4.78, 5) is 29.0. The highest BCUT2D eigenvalue weighted by Gasteiger charge is 2.26. The molecule has 0 spiro atoms. The van der Waals surface area contributed by atoms with Gasteiger partial charge in [-0.3, -0.25) is 9.78 Å². The molecule has 1 atom stereocenters. The second-order valence-corrected chi connectivity index (χ2v) is 5.27. The van der Waals surface area contributed by atoms with Gasteiger partial charge in [0.05, 0.1) is 5.54 Å². The number of hydrogen-bond donors (Lipinski definition) is 2. The number of rotatable bonds is 6. The summed E-state index contributed by atoms with van der Waals surface area (Å²) in [5.74, 6) is -0.514. The molecule has 1 amide bonds. The zero-order chi connectivity index (χ0) is 16.9. The van der Waals surface area contributed by atoms with E-state index in [-0.39, 0.29) is 24.2 Å². The number of amides is 1. The maximum absolute atomic E-state index is 13.0. The third kappa shape index (κ3) is 4.38. The summed E-state index contributed by atoms with van der Waals surface area (Å²) in [6.07, 6.45) is 1.91. The van der Waals surface area contributed by atoms with Crippen LogP contribution >= 0.6 is 0 Å². The van der Waals surface area contributed by atoms with Crippen molar-refractivity contribution in [1.29, 1.82) is 0 Å². The minimum atomic E-state index is -0.639. The van der Waals surface area contributed by atoms with Gasteiger partial charge in [-0.25, -0.2) is 14.2 Å². The van der Waals surface area contributed by atoms with E-state index in [0.29, 0.717) is 6.42 Å². The Morgan fingerprint density at radius 2 is 2.04 bits per heavy atom. The highest BCUT2D eigenvalue weighted by Crippen LogP contribution is 2.24. The van der Waals surface area contributed by atoms with Crippen LogP contribution in [-0.2, 0) is 10.3 Å². The molecule has 0 aliphatic heterocycles. The zero-order valence-electron chi connectivity index (χ0n) is 12.9. The molecule has 0 aliphatic carbocycles. The third-order valence-electron chi connectivity index (χ3n) is 3.61. The smallest absolute Gasteiger partial charge is 0.347 e. The van der Waals surface area contributed by atoms with Gasteiger partial charge in [0.2, 0.25) is 0 Å². The van der Waals surface area contributed by atoms with Gasteiger partial charge in [-0.15, -0.1) is 0 Å². The van der Waals surface area contributed by atoms with Gasteiger partial charge in [0, 0.05) is 12.3 Å². The zero-order valence-corrected chi connectivity index (χ0v) is 12.9. The van der Waals surface area contributed by atoms with Crippen LogP contribution in [0.3, 0.4) is 0 Å². The van der Waals surface area contributed by atoms with Crippen LogP contribution in [0.2, 0.25) is 0 Å². The summed E-state index contributed by atoms with van der Waals surface area (Å²) < 4.78 is 18.3. The van der Waals surface area contributed by atoms with Crippen molar-refractivity contribution in [1.82, 2.24) is 15.3 Å². The summed E-state index contributed by atoms with van der Waals surface area (Å²) in [7, 11) is 0. The molecule has 2 rings (SSSR count). The number of aromatic nitrogens is 2. The Kier molecular flexibility index (Phi) is 5.10. The lowest BCUT2D eigenvalue weighted by atomic mass is 9.89. The van der Waals surface area contributed by atoms with Crippen LogP contribution in [0.1, 0.15) is 25.8 Å². The topological polar surface area (TPSA) is 84.1 Å². The largest absolute Gasteiger partial charge is 0.469 e. The Morgan fingerprint density at radius 3 is 2.65 bits per heavy atom. The van der Waals surface area contributed by atoms with Gasteiger partial charge in [0.1, 0.15) is 5.82 Å². The monoisotopic (exact) mass is 319 g/mol. The number of carbonyl (C=O) groups is 1. The van der Waals surface area contributed by atoms with Crippen LogP contribution in [0.25, 0.3) is 0 Å². The molecule has 2 N–H and O–H groups in total. The van der Waals surface area contributed by atoms with E-state index in [1.807, 2.05) is 13.8 Å². The van der Waals surface area contributed by atoms with Crippen LogP contribution in [0.5, 0.6) is 5.88 Å². The van der Waals surface area contributed by atoms with Gasteiger partial charge in [-0.2, -0.15) is 0 Å². The van der Waals surface area contributed by atoms with Gasteiger partial charge in [-0.05, 0) is 31.0 Å². The van der Waals surface area contributed by atoms with E-state index in [0.717, 1.165) is 5.56 Å². The highest BCUT2D eigenvalue weighted by atomic mass is 19.1. The maximum atomic E-state index is 13.0. The van der Waals surface area contributed by atoms with Crippen LogP contribution in [0.15, 0.2) is 41.3 Å². The summed E-state index contributed by atoms with van der Waals surface area (Å²) in [5, 5.41) is 2.87. The molecule has 122 valence electrons. The van der Waals surface area contributed by atoms with Crippen LogP contribution in [-0.4, -0.2) is 22.5 Å². The first-order valence-electron chi connectivity index (χ1n) is 7.18. The lowest BCUT2D eigenvalue weighted by Crippen LogP contribution is -2.45. The summed E-state index contributed by atoms with van der Waals surface area (Å²) in [6.45, 7) is 3.52. The first-order chi connectivity index (χ1) is 10.9. The maximum Gasteiger partial charge on any atom is 0.347 e. The molecule has 0 fully saturated rings. The number of aromatic amines is 1. The molecule has 0 radical (unpaired) electrons. The minimum absolute atomic E-state index is 0.167. The molecule has 0 aliphatic rings. The Hall–Kier alpha value is -2.70. The molecule has 6 nitrogen and oxygen atoms in total. The SMILES string of the molecule is CCC(C)(NC(=O)COc1ccnc(=O)[nH]1)c1ccc(F)cc1. The fourth-order valence-electron chi connectivity index (χ4n) is 2.11. The normalized spacial score (nSPS) is 13.2. The number of halogens is 1. The number of carbonyl (C=O) groups excluding carboxylic acids is 1. The fraction of sp³-hybridized carbons (Fsp3) is 0.312. The van der Waals surface area contributed by atoms with E-state index in [2.05, 4.69) is 15.3 Å². The second kappa shape index (κ2) is 7.04. The van der Waals surface area contributed by atoms with Gasteiger partial charge >= 0.3 is 5.69 Å². The molecular formula is C16H18FN3O3. The molecule has 1 aromatic heterocycles. The van der Waals surface area contributed by atoms with Gasteiger partial charge < -0.3 is 10.1 Å². The molecule has 2 aromatic rings. The van der Waals surface area contributed by atoms with Crippen LogP contribution in [0, 0.1) is 5.82 Å². The van der Waals surface area contributed by atoms with Crippen molar-refractivity contribution < 1.29 is 13.9 Å². The Balaban J connectivity index is 2.01. The van der Waals surface area contributed by atoms with Gasteiger partial charge in [0.15, 0.2) is 12.5 Å². The summed E-state index contributed by atoms with van der Waals surface area (Å²) in [5.41, 5.74) is -0.389. The predicted octanol–water partition coefficient (Wildman–Crippen LogP) is 1.73. The van der Waals surface area contributed by atoms with Crippen molar-refractivity contribution in [2.45, 2.75) is 25.8 Å². The first kappa shape index (κ1) is 16.7. The fourth-order valence-corrected chi connectivity index (χ4v) is 2.11. The van der Waals surface area contributed by atoms with E-state index in [1.165, 1.54) is 24.4 Å². The number of ether oxygens (including phenoxy) is 1. The molecule has 7 heteroatoms. The lowest BCUT2D eigenvalue weighted by Gasteiger charge is -2.30. The second-order valence-electron chi connectivity index (χ2n) is 5.27. The molecule has 1 heterocycles. The molecule has 23 heavy (non-hydrogen) atoms. The highest BCUT2D eigenvalue weighted by molar-refractivity contribution is 5.78. The number of hydrogen-bond acceptors (Lipinski definition) is 4. The van der Waals surface area contributed by atoms with Gasteiger partial charge in [-0.1, -0.05) is 19.1 Å². The lowest BCUT2D eigenvalue weighted by molar-refractivity contribution is -0.125. The minimum Gasteiger partial charge on any atom is -0.469 e. The summed E-state index contributed by atoms with van der Waals surface area (Å²) >= 11 is 0. The quantitative estimate of drug-likeness (QED) is 0.849. The van der Waals surface area contributed by atoms with E-state index in [1.54, 1.807) is 12.1 Å². The van der Waals surface area contributed by atoms with Crippen molar-refractivity contribution in [3.8, 4) is 5.88 Å². The van der Waals surface area contributed by atoms with Crippen LogP contribution < -0.4 is 15.7 Å². The van der Waals surface area contributed by atoms with Crippen molar-refractivity contribution in [2.24, 2.45) is 0 Å². The molecular weight excluding hydrogens is 301 g/mol. The van der Waals surface area contributed by atoms with E-state index in [4.69, 9.17) is 4.74 Å². The van der Waals surface area contributed by atoms with E-state index < -0.39 is 11.2 Å². The van der Waals surface area contributed by atoms with Crippen LogP contribution in [0.4, 0.5) is 4.39 Å². The molecule has 0 saturated heterocycles. The average molecular weight is 319 g/mol. The molecule has 0 bridgehead atoms. The van der Waals surface area contributed by atoms with Crippen molar-refractivity contribution >= 4 is 5.91 Å². The average Bonchev–Trinajstić information content (AvgIpc) is 2.53. The number of nitrogens with zero attached hydrogens (tertiary/aromatic N) is 1. The Labute approximate surface area is 132 Å². The molecule has 1 aromatic carbocycles. The van der Waals surface area contributed by atoms with Crippen molar-refractivity contribution in [3.05, 3.63) is 58.4 Å². The van der Waals surface area contributed by atoms with E-state index in [9.17, 15) is 14.0 Å². The predicted molar refractivity (Wildman–Crippen MR) is 82.5 cm³/mol. The number of nitrogens with one attached hydrogen (secondary N) is 2.